The van der Waals surface area contributed by atoms with Gasteiger partial charge in [-0.15, -0.1) is 0 Å². The molecule has 0 atom stereocenters. The second-order valence-electron chi connectivity index (χ2n) is 6.28. The van der Waals surface area contributed by atoms with E-state index in [0.717, 1.165) is 28.5 Å². The minimum atomic E-state index is 0.588. The summed E-state index contributed by atoms with van der Waals surface area (Å²) in [5.41, 5.74) is 5.41. The number of nitrogens with one attached hydrogen (secondary N) is 2. The van der Waals surface area contributed by atoms with Crippen molar-refractivity contribution in [3.8, 4) is 5.75 Å². The van der Waals surface area contributed by atoms with Crippen LogP contribution in [-0.2, 0) is 6.54 Å². The quantitative estimate of drug-likeness (QED) is 0.672. The number of para-hydroxylation sites is 2. The second-order valence-corrected chi connectivity index (χ2v) is 6.28. The molecule has 26 heavy (non-hydrogen) atoms. The first-order valence-corrected chi connectivity index (χ1v) is 8.61. The maximum Gasteiger partial charge on any atom is 0.225 e. The summed E-state index contributed by atoms with van der Waals surface area (Å²) in [6.07, 6.45) is 0. The lowest BCUT2D eigenvalue weighted by molar-refractivity contribution is 0.410. The molecule has 0 saturated heterocycles. The van der Waals surface area contributed by atoms with E-state index in [1.807, 2.05) is 37.3 Å². The predicted molar refractivity (Wildman–Crippen MR) is 106 cm³/mol. The Bertz CT molecular complexity index is 888. The van der Waals surface area contributed by atoms with Gasteiger partial charge in [-0.1, -0.05) is 36.4 Å². The van der Waals surface area contributed by atoms with Gasteiger partial charge >= 0.3 is 0 Å². The van der Waals surface area contributed by atoms with Crippen LogP contribution in [0.3, 0.4) is 0 Å². The zero-order valence-electron chi connectivity index (χ0n) is 15.6. The van der Waals surface area contributed by atoms with Crippen LogP contribution in [0.4, 0.5) is 17.5 Å². The van der Waals surface area contributed by atoms with Crippen LogP contribution in [0.25, 0.3) is 0 Å². The van der Waals surface area contributed by atoms with Crippen molar-refractivity contribution in [2.75, 3.05) is 17.7 Å². The summed E-state index contributed by atoms with van der Waals surface area (Å²) in [4.78, 5) is 9.10. The summed E-state index contributed by atoms with van der Waals surface area (Å²) in [6.45, 7) is 6.73. The van der Waals surface area contributed by atoms with E-state index in [2.05, 4.69) is 52.6 Å². The second kappa shape index (κ2) is 7.87. The highest BCUT2D eigenvalue weighted by atomic mass is 16.5. The zero-order chi connectivity index (χ0) is 18.5. The normalized spacial score (nSPS) is 10.5. The van der Waals surface area contributed by atoms with E-state index >= 15 is 0 Å². The molecule has 0 unspecified atom stereocenters. The van der Waals surface area contributed by atoms with Gasteiger partial charge in [0.1, 0.15) is 11.6 Å². The number of methoxy groups -OCH3 is 1. The largest absolute Gasteiger partial charge is 0.496 e. The van der Waals surface area contributed by atoms with Crippen molar-refractivity contribution in [1.29, 1.82) is 0 Å². The lowest BCUT2D eigenvalue weighted by Gasteiger charge is -2.14. The Hall–Kier alpha value is -3.08. The molecule has 1 heterocycles. The molecule has 1 aromatic heterocycles. The van der Waals surface area contributed by atoms with Crippen molar-refractivity contribution in [3.05, 3.63) is 70.9 Å². The lowest BCUT2D eigenvalue weighted by atomic mass is 10.1. The van der Waals surface area contributed by atoms with Crippen LogP contribution in [0, 0.1) is 20.8 Å². The summed E-state index contributed by atoms with van der Waals surface area (Å²) in [5.74, 6) is 2.21. The number of benzene rings is 2. The molecule has 0 bridgehead atoms. The molecule has 0 aliphatic heterocycles. The van der Waals surface area contributed by atoms with Crippen molar-refractivity contribution in [2.24, 2.45) is 0 Å². The highest BCUT2D eigenvalue weighted by molar-refractivity contribution is 5.65. The SMILES string of the molecule is COc1ccccc1CNc1nc(C)cc(Nc2c(C)cccc2C)n1. The molecule has 0 aliphatic carbocycles. The van der Waals surface area contributed by atoms with Crippen molar-refractivity contribution in [2.45, 2.75) is 27.3 Å². The van der Waals surface area contributed by atoms with Crippen LogP contribution < -0.4 is 15.4 Å². The van der Waals surface area contributed by atoms with Crippen molar-refractivity contribution in [3.63, 3.8) is 0 Å². The minimum absolute atomic E-state index is 0.588. The summed E-state index contributed by atoms with van der Waals surface area (Å²) >= 11 is 0. The standard InChI is InChI=1S/C21H24N4O/c1-14-8-7-9-15(2)20(14)24-19-12-16(3)23-21(25-19)22-13-17-10-5-6-11-18(17)26-4/h5-12H,13H2,1-4H3,(H2,22,23,24,25). The number of hydrogen-bond donors (Lipinski definition) is 2. The van der Waals surface area contributed by atoms with Gasteiger partial charge in [-0.2, -0.15) is 4.98 Å². The van der Waals surface area contributed by atoms with Gasteiger partial charge in [0.2, 0.25) is 5.95 Å². The van der Waals surface area contributed by atoms with E-state index in [-0.39, 0.29) is 0 Å². The molecule has 0 fully saturated rings. The monoisotopic (exact) mass is 348 g/mol. The zero-order valence-corrected chi connectivity index (χ0v) is 15.6. The molecular weight excluding hydrogens is 324 g/mol. The molecular formula is C21H24N4O. The Labute approximate surface area is 154 Å². The van der Waals surface area contributed by atoms with Gasteiger partial charge in [0.25, 0.3) is 0 Å². The third-order valence-electron chi connectivity index (χ3n) is 4.22. The maximum atomic E-state index is 5.39. The predicted octanol–water partition coefficient (Wildman–Crippen LogP) is 4.77. The van der Waals surface area contributed by atoms with Gasteiger partial charge in [-0.25, -0.2) is 4.98 Å². The van der Waals surface area contributed by atoms with Crippen LogP contribution in [0.15, 0.2) is 48.5 Å². The lowest BCUT2D eigenvalue weighted by Crippen LogP contribution is -2.07. The highest BCUT2D eigenvalue weighted by Crippen LogP contribution is 2.24. The third-order valence-corrected chi connectivity index (χ3v) is 4.22. The van der Waals surface area contributed by atoms with Crippen molar-refractivity contribution >= 4 is 17.5 Å². The van der Waals surface area contributed by atoms with E-state index in [4.69, 9.17) is 4.74 Å². The van der Waals surface area contributed by atoms with E-state index < -0.39 is 0 Å². The average molecular weight is 348 g/mol. The first-order valence-electron chi connectivity index (χ1n) is 8.61. The number of aromatic nitrogens is 2. The molecule has 3 aromatic rings. The fraction of sp³-hybridized carbons (Fsp3) is 0.238. The van der Waals surface area contributed by atoms with E-state index in [1.165, 1.54) is 11.1 Å². The molecule has 0 saturated carbocycles. The van der Waals surface area contributed by atoms with E-state index in [9.17, 15) is 0 Å². The first kappa shape index (κ1) is 17.7. The van der Waals surface area contributed by atoms with Crippen LogP contribution in [0.1, 0.15) is 22.4 Å². The number of nitrogens with zero attached hydrogens (tertiary/aromatic N) is 2. The molecule has 0 spiro atoms. The fourth-order valence-corrected chi connectivity index (χ4v) is 2.87. The Morgan fingerprint density at radius 3 is 2.38 bits per heavy atom. The topological polar surface area (TPSA) is 59.1 Å². The first-order chi connectivity index (χ1) is 12.6. The van der Waals surface area contributed by atoms with Gasteiger partial charge in [-0.3, -0.25) is 0 Å². The molecule has 2 N–H and O–H groups in total. The average Bonchev–Trinajstić information content (AvgIpc) is 2.63. The Morgan fingerprint density at radius 1 is 0.923 bits per heavy atom. The van der Waals surface area contributed by atoms with Crippen molar-refractivity contribution in [1.82, 2.24) is 9.97 Å². The molecule has 2 aromatic carbocycles. The van der Waals surface area contributed by atoms with Crippen LogP contribution in [-0.4, -0.2) is 17.1 Å². The number of rotatable bonds is 6. The Kier molecular flexibility index (Phi) is 5.37. The molecule has 134 valence electrons. The molecule has 3 rings (SSSR count). The van der Waals surface area contributed by atoms with Crippen LogP contribution >= 0.6 is 0 Å². The van der Waals surface area contributed by atoms with Gasteiger partial charge in [-0.05, 0) is 38.0 Å². The molecule has 5 heteroatoms. The highest BCUT2D eigenvalue weighted by Gasteiger charge is 2.07. The third kappa shape index (κ3) is 4.11. The Balaban J connectivity index is 1.79. The van der Waals surface area contributed by atoms with Gasteiger partial charge in [0.05, 0.1) is 7.11 Å². The van der Waals surface area contributed by atoms with Gasteiger partial charge in [0, 0.05) is 29.6 Å². The molecule has 0 radical (unpaired) electrons. The van der Waals surface area contributed by atoms with Crippen LogP contribution in [0.5, 0.6) is 5.75 Å². The van der Waals surface area contributed by atoms with Crippen LogP contribution in [0.2, 0.25) is 0 Å². The summed E-state index contributed by atoms with van der Waals surface area (Å²) < 4.78 is 5.39. The molecule has 5 nitrogen and oxygen atoms in total. The number of ether oxygens (including phenoxy) is 1. The number of aryl methyl sites for hydroxylation is 3. The van der Waals surface area contributed by atoms with Gasteiger partial charge in [0.15, 0.2) is 0 Å². The smallest absolute Gasteiger partial charge is 0.225 e. The summed E-state index contributed by atoms with van der Waals surface area (Å²) in [5, 5.41) is 6.72. The number of anilines is 3. The molecule has 0 amide bonds. The minimum Gasteiger partial charge on any atom is -0.496 e. The van der Waals surface area contributed by atoms with E-state index in [1.54, 1.807) is 7.11 Å². The van der Waals surface area contributed by atoms with Crippen molar-refractivity contribution < 1.29 is 4.74 Å². The summed E-state index contributed by atoms with van der Waals surface area (Å²) in [7, 11) is 1.68. The number of hydrogen-bond acceptors (Lipinski definition) is 5. The van der Waals surface area contributed by atoms with Gasteiger partial charge < -0.3 is 15.4 Å². The van der Waals surface area contributed by atoms with E-state index in [0.29, 0.717) is 12.5 Å². The maximum absolute atomic E-state index is 5.39. The Morgan fingerprint density at radius 2 is 1.65 bits per heavy atom. The fourth-order valence-electron chi connectivity index (χ4n) is 2.87. The summed E-state index contributed by atoms with van der Waals surface area (Å²) in [6, 6.07) is 16.1. The molecule has 0 aliphatic rings.